The van der Waals surface area contributed by atoms with Gasteiger partial charge < -0.3 is 19.5 Å². The quantitative estimate of drug-likeness (QED) is 0.879. The molecule has 1 heterocycles. The van der Waals surface area contributed by atoms with E-state index < -0.39 is 5.41 Å². The van der Waals surface area contributed by atoms with Crippen LogP contribution < -0.4 is 14.8 Å². The van der Waals surface area contributed by atoms with Crippen LogP contribution in [0.5, 0.6) is 11.5 Å². The highest BCUT2D eigenvalue weighted by atomic mass is 16.5. The molecule has 0 unspecified atom stereocenters. The van der Waals surface area contributed by atoms with Gasteiger partial charge in [0.2, 0.25) is 0 Å². The molecule has 5 heteroatoms. The summed E-state index contributed by atoms with van der Waals surface area (Å²) in [4.78, 5) is 0. The summed E-state index contributed by atoms with van der Waals surface area (Å²) in [5.74, 6) is 1.53. The fraction of sp³-hybridized carbons (Fsp3) is 0.500. The first kappa shape index (κ1) is 13.5. The van der Waals surface area contributed by atoms with E-state index in [-0.39, 0.29) is 0 Å². The number of anilines is 1. The molecule has 1 saturated heterocycles. The second-order valence-electron chi connectivity index (χ2n) is 4.71. The van der Waals surface area contributed by atoms with Gasteiger partial charge in [0.25, 0.3) is 0 Å². The van der Waals surface area contributed by atoms with E-state index in [0.717, 1.165) is 22.7 Å². The van der Waals surface area contributed by atoms with E-state index in [1.165, 1.54) is 0 Å². The predicted octanol–water partition coefficient (Wildman–Crippen LogP) is 1.96. The molecule has 5 nitrogen and oxygen atoms in total. The number of benzene rings is 1. The minimum atomic E-state index is -0.418. The third kappa shape index (κ3) is 2.45. The molecule has 0 amide bonds. The summed E-state index contributed by atoms with van der Waals surface area (Å²) in [7, 11) is 3.25. The van der Waals surface area contributed by atoms with Gasteiger partial charge in [0.05, 0.1) is 39.2 Å². The van der Waals surface area contributed by atoms with Gasteiger partial charge in [-0.3, -0.25) is 0 Å². The summed E-state index contributed by atoms with van der Waals surface area (Å²) in [6.45, 7) is 3.45. The maximum Gasteiger partial charge on any atom is 0.148 e. The number of hydrogen-bond donors (Lipinski definition) is 1. The molecule has 102 valence electrons. The minimum absolute atomic E-state index is 0.418. The smallest absolute Gasteiger partial charge is 0.148 e. The van der Waals surface area contributed by atoms with Crippen LogP contribution >= 0.6 is 0 Å². The van der Waals surface area contributed by atoms with Gasteiger partial charge in [-0.1, -0.05) is 0 Å². The SMILES string of the molecule is COc1ccc(NCC2(C#N)COC2)c(OC)c1C. The second kappa shape index (κ2) is 5.37. The lowest BCUT2D eigenvalue weighted by atomic mass is 9.88. The molecule has 0 spiro atoms. The van der Waals surface area contributed by atoms with Crippen LogP contribution in [0.2, 0.25) is 0 Å². The van der Waals surface area contributed by atoms with Crippen molar-refractivity contribution in [2.24, 2.45) is 5.41 Å². The molecule has 0 atom stereocenters. The lowest BCUT2D eigenvalue weighted by Crippen LogP contribution is -2.46. The molecule has 1 N–H and O–H groups in total. The Labute approximate surface area is 113 Å². The first-order chi connectivity index (χ1) is 9.15. The van der Waals surface area contributed by atoms with Crippen molar-refractivity contribution in [3.8, 4) is 17.6 Å². The van der Waals surface area contributed by atoms with Crippen molar-refractivity contribution in [2.75, 3.05) is 39.3 Å². The summed E-state index contributed by atoms with van der Waals surface area (Å²) in [6.07, 6.45) is 0. The molecular formula is C14H18N2O3. The summed E-state index contributed by atoms with van der Waals surface area (Å²) >= 11 is 0. The molecule has 0 aliphatic carbocycles. The van der Waals surface area contributed by atoms with Crippen LogP contribution in [0.3, 0.4) is 0 Å². The highest BCUT2D eigenvalue weighted by Crippen LogP contribution is 2.36. The zero-order chi connectivity index (χ0) is 13.9. The van der Waals surface area contributed by atoms with Crippen molar-refractivity contribution < 1.29 is 14.2 Å². The minimum Gasteiger partial charge on any atom is -0.496 e. The van der Waals surface area contributed by atoms with Gasteiger partial charge in [0.15, 0.2) is 0 Å². The van der Waals surface area contributed by atoms with E-state index >= 15 is 0 Å². The Morgan fingerprint density at radius 1 is 1.37 bits per heavy atom. The Kier molecular flexibility index (Phi) is 3.82. The first-order valence-corrected chi connectivity index (χ1v) is 6.10. The fourth-order valence-electron chi connectivity index (χ4n) is 2.12. The number of nitriles is 1. The highest BCUT2D eigenvalue weighted by molar-refractivity contribution is 5.64. The Hall–Kier alpha value is -1.93. The molecule has 0 bridgehead atoms. The van der Waals surface area contributed by atoms with Crippen LogP contribution in [0.4, 0.5) is 5.69 Å². The van der Waals surface area contributed by atoms with Crippen molar-refractivity contribution in [2.45, 2.75) is 6.92 Å². The van der Waals surface area contributed by atoms with Crippen molar-refractivity contribution in [3.63, 3.8) is 0 Å². The molecule has 2 rings (SSSR count). The molecule has 19 heavy (non-hydrogen) atoms. The zero-order valence-electron chi connectivity index (χ0n) is 11.4. The highest BCUT2D eigenvalue weighted by Gasteiger charge is 2.39. The largest absolute Gasteiger partial charge is 0.496 e. The Balaban J connectivity index is 2.17. The summed E-state index contributed by atoms with van der Waals surface area (Å²) < 4.78 is 15.8. The summed E-state index contributed by atoms with van der Waals surface area (Å²) in [5, 5.41) is 12.4. The third-order valence-electron chi connectivity index (χ3n) is 3.39. The number of ether oxygens (including phenoxy) is 3. The number of rotatable bonds is 5. The standard InChI is InChI=1S/C14H18N2O3/c1-10-12(17-2)5-4-11(13(10)18-3)16-7-14(6-15)8-19-9-14/h4-5,16H,7-9H2,1-3H3. The second-order valence-corrected chi connectivity index (χ2v) is 4.71. The van der Waals surface area contributed by atoms with E-state index in [1.807, 2.05) is 19.1 Å². The van der Waals surface area contributed by atoms with E-state index in [9.17, 15) is 0 Å². The molecular weight excluding hydrogens is 244 g/mol. The first-order valence-electron chi connectivity index (χ1n) is 6.10. The third-order valence-corrected chi connectivity index (χ3v) is 3.39. The van der Waals surface area contributed by atoms with Crippen LogP contribution in [0.15, 0.2) is 12.1 Å². The number of methoxy groups -OCH3 is 2. The Morgan fingerprint density at radius 3 is 2.58 bits per heavy atom. The van der Waals surface area contributed by atoms with Gasteiger partial charge >= 0.3 is 0 Å². The lowest BCUT2D eigenvalue weighted by Gasteiger charge is -2.35. The summed E-state index contributed by atoms with van der Waals surface area (Å²) in [5.41, 5.74) is 1.38. The van der Waals surface area contributed by atoms with E-state index in [4.69, 9.17) is 19.5 Å². The fourth-order valence-corrected chi connectivity index (χ4v) is 2.12. The van der Waals surface area contributed by atoms with Crippen LogP contribution in [-0.2, 0) is 4.74 Å². The zero-order valence-corrected chi connectivity index (χ0v) is 11.4. The lowest BCUT2D eigenvalue weighted by molar-refractivity contribution is -0.0690. The van der Waals surface area contributed by atoms with Gasteiger partial charge in [-0.25, -0.2) is 0 Å². The topological polar surface area (TPSA) is 63.5 Å². The predicted molar refractivity (Wildman–Crippen MR) is 71.6 cm³/mol. The van der Waals surface area contributed by atoms with Gasteiger partial charge in [-0.15, -0.1) is 0 Å². The monoisotopic (exact) mass is 262 g/mol. The van der Waals surface area contributed by atoms with Crippen LogP contribution in [0.25, 0.3) is 0 Å². The molecule has 1 aromatic rings. The van der Waals surface area contributed by atoms with E-state index in [2.05, 4.69) is 11.4 Å². The molecule has 0 saturated carbocycles. The van der Waals surface area contributed by atoms with Crippen LogP contribution in [0, 0.1) is 23.7 Å². The van der Waals surface area contributed by atoms with Crippen LogP contribution in [0.1, 0.15) is 5.56 Å². The molecule has 1 fully saturated rings. The number of nitrogens with one attached hydrogen (secondary N) is 1. The molecule has 1 aliphatic heterocycles. The molecule has 1 aromatic carbocycles. The average molecular weight is 262 g/mol. The van der Waals surface area contributed by atoms with Gasteiger partial charge in [0.1, 0.15) is 16.9 Å². The molecule has 0 aromatic heterocycles. The number of nitrogens with zero attached hydrogens (tertiary/aromatic N) is 1. The van der Waals surface area contributed by atoms with E-state index in [1.54, 1.807) is 14.2 Å². The Bertz CT molecular complexity index is 504. The molecule has 0 radical (unpaired) electrons. The summed E-state index contributed by atoms with van der Waals surface area (Å²) in [6, 6.07) is 6.09. The normalized spacial score (nSPS) is 16.1. The van der Waals surface area contributed by atoms with Crippen molar-refractivity contribution in [3.05, 3.63) is 17.7 Å². The Morgan fingerprint density at radius 2 is 2.11 bits per heavy atom. The van der Waals surface area contributed by atoms with Crippen molar-refractivity contribution in [1.82, 2.24) is 0 Å². The molecule has 1 aliphatic rings. The van der Waals surface area contributed by atoms with Gasteiger partial charge in [-0.05, 0) is 19.1 Å². The maximum absolute atomic E-state index is 9.16. The van der Waals surface area contributed by atoms with Crippen LogP contribution in [-0.4, -0.2) is 34.0 Å². The average Bonchev–Trinajstić information content (AvgIpc) is 2.38. The van der Waals surface area contributed by atoms with Gasteiger partial charge in [0, 0.05) is 12.1 Å². The number of hydrogen-bond acceptors (Lipinski definition) is 5. The van der Waals surface area contributed by atoms with Crippen molar-refractivity contribution >= 4 is 5.69 Å². The van der Waals surface area contributed by atoms with Crippen molar-refractivity contribution in [1.29, 1.82) is 5.26 Å². The maximum atomic E-state index is 9.16. The van der Waals surface area contributed by atoms with Gasteiger partial charge in [-0.2, -0.15) is 5.26 Å². The van der Waals surface area contributed by atoms with E-state index in [0.29, 0.717) is 19.8 Å².